The zero-order valence-electron chi connectivity index (χ0n) is 17.5. The molecule has 0 unspecified atom stereocenters. The van der Waals surface area contributed by atoms with Crippen LogP contribution in [0.3, 0.4) is 0 Å². The van der Waals surface area contributed by atoms with Crippen molar-refractivity contribution in [1.29, 1.82) is 0 Å². The highest BCUT2D eigenvalue weighted by atomic mass is 32.2. The molecular formula is C20H24N6O3S2. The Balaban J connectivity index is 1.45. The molecule has 0 aliphatic carbocycles. The van der Waals surface area contributed by atoms with Crippen LogP contribution < -0.4 is 15.4 Å². The average molecular weight is 461 g/mol. The summed E-state index contributed by atoms with van der Waals surface area (Å²) in [5.41, 5.74) is 1.21. The number of hydrogen-bond acceptors (Lipinski definition) is 8. The molecule has 31 heavy (non-hydrogen) atoms. The van der Waals surface area contributed by atoms with Gasteiger partial charge in [0.2, 0.25) is 5.91 Å². The lowest BCUT2D eigenvalue weighted by atomic mass is 10.2. The Hall–Kier alpha value is -2.92. The number of thiazole rings is 1. The number of rotatable bonds is 10. The predicted molar refractivity (Wildman–Crippen MR) is 120 cm³/mol. The van der Waals surface area contributed by atoms with Crippen LogP contribution in [0.15, 0.2) is 41.0 Å². The quantitative estimate of drug-likeness (QED) is 0.448. The van der Waals surface area contributed by atoms with Gasteiger partial charge in [0.05, 0.1) is 12.3 Å². The van der Waals surface area contributed by atoms with Crippen molar-refractivity contribution in [3.8, 4) is 5.75 Å². The molecule has 164 valence electrons. The van der Waals surface area contributed by atoms with Gasteiger partial charge in [-0.1, -0.05) is 30.8 Å². The lowest BCUT2D eigenvalue weighted by molar-refractivity contribution is -0.127. The molecule has 0 aliphatic rings. The normalized spacial score (nSPS) is 11.7. The molecule has 2 N–H and O–H groups in total. The minimum absolute atomic E-state index is 0.171. The molecule has 1 aromatic carbocycles. The van der Waals surface area contributed by atoms with Gasteiger partial charge in [0.25, 0.3) is 5.91 Å². The van der Waals surface area contributed by atoms with E-state index < -0.39 is 6.10 Å². The molecule has 3 aromatic rings. The molecule has 11 heteroatoms. The van der Waals surface area contributed by atoms with Gasteiger partial charge in [0, 0.05) is 18.6 Å². The molecule has 2 heterocycles. The van der Waals surface area contributed by atoms with Gasteiger partial charge in [-0.3, -0.25) is 9.59 Å². The second kappa shape index (κ2) is 10.9. The van der Waals surface area contributed by atoms with E-state index in [0.29, 0.717) is 21.9 Å². The number of anilines is 1. The van der Waals surface area contributed by atoms with E-state index >= 15 is 0 Å². The number of hydrogen-bond donors (Lipinski definition) is 2. The molecular weight excluding hydrogens is 436 g/mol. The third-order valence-corrected chi connectivity index (χ3v) is 6.08. The second-order valence-electron chi connectivity index (χ2n) is 6.61. The van der Waals surface area contributed by atoms with E-state index in [1.807, 2.05) is 24.3 Å². The van der Waals surface area contributed by atoms with Crippen molar-refractivity contribution in [3.05, 3.63) is 47.2 Å². The van der Waals surface area contributed by atoms with Crippen molar-refractivity contribution >= 4 is 40.0 Å². The lowest BCUT2D eigenvalue weighted by Gasteiger charge is -2.15. The molecule has 0 radical (unpaired) electrons. The second-order valence-corrected chi connectivity index (χ2v) is 8.44. The van der Waals surface area contributed by atoms with Gasteiger partial charge in [0.1, 0.15) is 5.75 Å². The number of thioether (sulfide) groups is 1. The number of amides is 2. The molecule has 2 amide bonds. The van der Waals surface area contributed by atoms with Gasteiger partial charge in [0.15, 0.2) is 22.2 Å². The summed E-state index contributed by atoms with van der Waals surface area (Å²) in [7, 11) is 1.79. The van der Waals surface area contributed by atoms with Crippen LogP contribution in [-0.2, 0) is 29.6 Å². The molecule has 2 aromatic heterocycles. The Bertz CT molecular complexity index is 1000. The maximum atomic E-state index is 12.4. The van der Waals surface area contributed by atoms with E-state index in [2.05, 4.69) is 32.7 Å². The predicted octanol–water partition coefficient (Wildman–Crippen LogP) is 2.65. The summed E-state index contributed by atoms with van der Waals surface area (Å²) in [4.78, 5) is 28.4. The van der Waals surface area contributed by atoms with Crippen molar-refractivity contribution in [3.63, 3.8) is 0 Å². The Morgan fingerprint density at radius 1 is 1.26 bits per heavy atom. The van der Waals surface area contributed by atoms with Crippen molar-refractivity contribution in [2.45, 2.75) is 38.1 Å². The number of aromatic nitrogens is 4. The highest BCUT2D eigenvalue weighted by Crippen LogP contribution is 2.17. The lowest BCUT2D eigenvalue weighted by Crippen LogP contribution is -2.36. The number of nitrogens with zero attached hydrogens (tertiary/aromatic N) is 4. The molecule has 0 fully saturated rings. The Labute approximate surface area is 188 Å². The van der Waals surface area contributed by atoms with Crippen LogP contribution in [0.1, 0.15) is 25.2 Å². The van der Waals surface area contributed by atoms with Gasteiger partial charge >= 0.3 is 0 Å². The summed E-state index contributed by atoms with van der Waals surface area (Å²) in [6, 6.07) is 7.69. The van der Waals surface area contributed by atoms with E-state index in [0.717, 1.165) is 6.42 Å². The fourth-order valence-electron chi connectivity index (χ4n) is 2.57. The average Bonchev–Trinajstić information content (AvgIpc) is 3.40. The number of nitrogens with one attached hydrogen (secondary N) is 2. The third kappa shape index (κ3) is 6.53. The van der Waals surface area contributed by atoms with Crippen molar-refractivity contribution in [1.82, 2.24) is 25.1 Å². The third-order valence-electron chi connectivity index (χ3n) is 4.37. The highest BCUT2D eigenvalue weighted by molar-refractivity contribution is 7.99. The Kier molecular flexibility index (Phi) is 8.01. The molecule has 0 aliphatic heterocycles. The zero-order chi connectivity index (χ0) is 22.2. The first kappa shape index (κ1) is 22.8. The minimum atomic E-state index is -0.649. The largest absolute Gasteiger partial charge is 0.481 e. The summed E-state index contributed by atoms with van der Waals surface area (Å²) in [6.07, 6.45) is 1.93. The number of carbonyl (C=O) groups is 2. The monoisotopic (exact) mass is 460 g/mol. The summed E-state index contributed by atoms with van der Waals surface area (Å²) < 4.78 is 7.45. The highest BCUT2D eigenvalue weighted by Gasteiger charge is 2.17. The summed E-state index contributed by atoms with van der Waals surface area (Å²) in [5.74, 6) is 0.985. The SMILES string of the molecule is CCc1ccc(O[C@@H](C)C(=O)NCc2nnc(SCC(=O)Nc3nccs3)n2C)cc1. The van der Waals surface area contributed by atoms with Gasteiger partial charge in [-0.05, 0) is 31.0 Å². The van der Waals surface area contributed by atoms with Crippen molar-refractivity contribution in [2.24, 2.45) is 7.05 Å². The number of carbonyl (C=O) groups excluding carboxylic acids is 2. The smallest absolute Gasteiger partial charge is 0.261 e. The Morgan fingerprint density at radius 3 is 2.71 bits per heavy atom. The first-order valence-corrected chi connectivity index (χ1v) is 11.6. The van der Waals surface area contributed by atoms with Crippen molar-refractivity contribution < 1.29 is 14.3 Å². The van der Waals surface area contributed by atoms with Crippen LogP contribution in [0.25, 0.3) is 0 Å². The van der Waals surface area contributed by atoms with Crippen LogP contribution in [0.4, 0.5) is 5.13 Å². The summed E-state index contributed by atoms with van der Waals surface area (Å²) in [5, 5.41) is 16.6. The molecule has 0 saturated carbocycles. The zero-order valence-corrected chi connectivity index (χ0v) is 19.1. The van der Waals surface area contributed by atoms with E-state index in [4.69, 9.17) is 4.74 Å². The van der Waals surface area contributed by atoms with Crippen LogP contribution in [0, 0.1) is 0 Å². The standard InChI is InChI=1S/C20H24N6O3S2/c1-4-14-5-7-15(8-6-14)29-13(2)18(28)22-11-16-24-25-20(26(16)3)31-12-17(27)23-19-21-9-10-30-19/h5-10,13H,4,11-12H2,1-3H3,(H,22,28)(H,21,23,27)/t13-/m0/s1. The maximum absolute atomic E-state index is 12.4. The fraction of sp³-hybridized carbons (Fsp3) is 0.350. The van der Waals surface area contributed by atoms with Crippen LogP contribution >= 0.6 is 23.1 Å². The number of ether oxygens (including phenoxy) is 1. The molecule has 3 rings (SSSR count). The molecule has 0 spiro atoms. The number of benzene rings is 1. The molecule has 9 nitrogen and oxygen atoms in total. The van der Waals surface area contributed by atoms with E-state index in [-0.39, 0.29) is 24.1 Å². The van der Waals surface area contributed by atoms with Gasteiger partial charge < -0.3 is 19.9 Å². The van der Waals surface area contributed by atoms with E-state index in [1.165, 1.54) is 28.7 Å². The maximum Gasteiger partial charge on any atom is 0.261 e. The minimum Gasteiger partial charge on any atom is -0.481 e. The van der Waals surface area contributed by atoms with Crippen LogP contribution in [0.5, 0.6) is 5.75 Å². The van der Waals surface area contributed by atoms with Crippen LogP contribution in [0.2, 0.25) is 0 Å². The van der Waals surface area contributed by atoms with Gasteiger partial charge in [-0.15, -0.1) is 21.5 Å². The van der Waals surface area contributed by atoms with E-state index in [1.54, 1.807) is 30.1 Å². The summed E-state index contributed by atoms with van der Waals surface area (Å²) >= 11 is 2.62. The van der Waals surface area contributed by atoms with E-state index in [9.17, 15) is 9.59 Å². The first-order valence-electron chi connectivity index (χ1n) is 9.70. The van der Waals surface area contributed by atoms with Gasteiger partial charge in [-0.25, -0.2) is 4.98 Å². The topological polar surface area (TPSA) is 111 Å². The molecule has 0 bridgehead atoms. The van der Waals surface area contributed by atoms with Crippen molar-refractivity contribution in [2.75, 3.05) is 11.1 Å². The number of aryl methyl sites for hydroxylation is 1. The first-order chi connectivity index (χ1) is 15.0. The molecule has 1 atom stereocenters. The summed E-state index contributed by atoms with van der Waals surface area (Å²) in [6.45, 7) is 3.98. The fourth-order valence-corrected chi connectivity index (χ4v) is 3.84. The van der Waals surface area contributed by atoms with Gasteiger partial charge in [-0.2, -0.15) is 0 Å². The molecule has 0 saturated heterocycles. The Morgan fingerprint density at radius 2 is 2.03 bits per heavy atom. The van der Waals surface area contributed by atoms with Crippen LogP contribution in [-0.4, -0.2) is 43.4 Å².